The third-order valence-electron chi connectivity index (χ3n) is 4.94. The highest BCUT2D eigenvalue weighted by Gasteiger charge is 2.46. The van der Waals surface area contributed by atoms with Gasteiger partial charge in [-0.2, -0.15) is 0 Å². The van der Waals surface area contributed by atoms with Crippen LogP contribution in [0.4, 0.5) is 0 Å². The predicted octanol–water partition coefficient (Wildman–Crippen LogP) is 2.91. The second kappa shape index (κ2) is 6.40. The lowest BCUT2D eigenvalue weighted by atomic mass is 9.79. The molecule has 2 atom stereocenters. The monoisotopic (exact) mass is 269 g/mol. The third-order valence-corrected chi connectivity index (χ3v) is 4.94. The molecule has 0 aromatic rings. The number of carboxylic acids is 1. The van der Waals surface area contributed by atoms with Gasteiger partial charge in [-0.3, -0.25) is 4.79 Å². The van der Waals surface area contributed by atoms with E-state index in [0.717, 1.165) is 25.7 Å². The molecule has 0 aliphatic heterocycles. The van der Waals surface area contributed by atoms with E-state index in [2.05, 4.69) is 6.92 Å². The Hall–Kier alpha value is -1.06. The van der Waals surface area contributed by atoms with E-state index < -0.39 is 11.5 Å². The van der Waals surface area contributed by atoms with Crippen molar-refractivity contribution in [1.82, 2.24) is 4.90 Å². The van der Waals surface area contributed by atoms with E-state index >= 15 is 0 Å². The Labute approximate surface area is 116 Å². The van der Waals surface area contributed by atoms with Gasteiger partial charge in [0.15, 0.2) is 0 Å². The molecule has 1 N–H and O–H groups in total. The van der Waals surface area contributed by atoms with E-state index in [1.54, 1.807) is 7.05 Å². The Morgan fingerprint density at radius 1 is 1.21 bits per heavy atom. The molecule has 19 heavy (non-hydrogen) atoms. The van der Waals surface area contributed by atoms with Gasteiger partial charge in [-0.25, -0.2) is 4.79 Å². The topological polar surface area (TPSA) is 57.6 Å². The van der Waals surface area contributed by atoms with E-state index in [1.165, 1.54) is 4.90 Å². The van der Waals surface area contributed by atoms with Crippen molar-refractivity contribution in [2.24, 2.45) is 11.8 Å². The van der Waals surface area contributed by atoms with Gasteiger partial charge >= 0.3 is 5.97 Å². The molecule has 0 saturated heterocycles. The van der Waals surface area contributed by atoms with Crippen LogP contribution in [0.5, 0.6) is 0 Å². The van der Waals surface area contributed by atoms with Crippen LogP contribution in [0.1, 0.15) is 59.3 Å². The Kier molecular flexibility index (Phi) is 5.39. The zero-order chi connectivity index (χ0) is 14.6. The molecular weight excluding hydrogens is 242 g/mol. The molecule has 1 fully saturated rings. The largest absolute Gasteiger partial charge is 0.479 e. The number of aliphatic carboxylic acids is 1. The maximum atomic E-state index is 12.5. The fourth-order valence-corrected chi connectivity index (χ4v) is 2.94. The second-order valence-electron chi connectivity index (χ2n) is 5.97. The smallest absolute Gasteiger partial charge is 0.329 e. The van der Waals surface area contributed by atoms with E-state index in [0.29, 0.717) is 12.8 Å². The van der Waals surface area contributed by atoms with Gasteiger partial charge in [0.2, 0.25) is 5.91 Å². The summed E-state index contributed by atoms with van der Waals surface area (Å²) < 4.78 is 0. The summed E-state index contributed by atoms with van der Waals surface area (Å²) in [6.07, 6.45) is 4.94. The fourth-order valence-electron chi connectivity index (χ4n) is 2.94. The number of hydrogen-bond donors (Lipinski definition) is 1. The number of carbonyl (C=O) groups excluding carboxylic acids is 1. The first-order valence-electron chi connectivity index (χ1n) is 7.38. The molecule has 0 aromatic carbocycles. The highest BCUT2D eigenvalue weighted by Crippen LogP contribution is 2.34. The molecule has 110 valence electrons. The zero-order valence-electron chi connectivity index (χ0n) is 12.6. The molecule has 1 amide bonds. The first kappa shape index (κ1) is 16.0. The van der Waals surface area contributed by atoms with Crippen molar-refractivity contribution in [3.63, 3.8) is 0 Å². The average molecular weight is 269 g/mol. The minimum Gasteiger partial charge on any atom is -0.479 e. The summed E-state index contributed by atoms with van der Waals surface area (Å²) >= 11 is 0. The SMILES string of the molecule is CCC(C)C(C)C(=O)N(C)C1(C(=O)O)CCCCC1. The molecule has 0 heterocycles. The lowest BCUT2D eigenvalue weighted by molar-refractivity contribution is -0.162. The van der Waals surface area contributed by atoms with Crippen molar-refractivity contribution in [1.29, 1.82) is 0 Å². The predicted molar refractivity (Wildman–Crippen MR) is 74.8 cm³/mol. The Morgan fingerprint density at radius 2 is 1.74 bits per heavy atom. The minimum atomic E-state index is -0.975. The average Bonchev–Trinajstić information content (AvgIpc) is 2.44. The summed E-state index contributed by atoms with van der Waals surface area (Å²) in [6, 6.07) is 0. The lowest BCUT2D eigenvalue weighted by Gasteiger charge is -2.42. The van der Waals surface area contributed by atoms with E-state index in [9.17, 15) is 14.7 Å². The van der Waals surface area contributed by atoms with E-state index in [-0.39, 0.29) is 17.7 Å². The molecule has 0 aromatic heterocycles. The number of hydrogen-bond acceptors (Lipinski definition) is 2. The molecule has 0 bridgehead atoms. The standard InChI is InChI=1S/C15H27NO3/c1-5-11(2)12(3)13(17)16(4)15(14(18)19)9-7-6-8-10-15/h11-12H,5-10H2,1-4H3,(H,18,19). The quantitative estimate of drug-likeness (QED) is 0.835. The van der Waals surface area contributed by atoms with Crippen LogP contribution in [0.25, 0.3) is 0 Å². The van der Waals surface area contributed by atoms with Gasteiger partial charge in [-0.05, 0) is 18.8 Å². The van der Waals surface area contributed by atoms with Gasteiger partial charge in [0.1, 0.15) is 5.54 Å². The van der Waals surface area contributed by atoms with Crippen LogP contribution in [-0.4, -0.2) is 34.5 Å². The number of amides is 1. The second-order valence-corrected chi connectivity index (χ2v) is 5.97. The molecule has 1 aliphatic rings. The van der Waals surface area contributed by atoms with Crippen LogP contribution in [0.3, 0.4) is 0 Å². The summed E-state index contributed by atoms with van der Waals surface area (Å²) in [5.41, 5.74) is -0.975. The van der Waals surface area contributed by atoms with Gasteiger partial charge in [-0.1, -0.05) is 46.5 Å². The zero-order valence-corrected chi connectivity index (χ0v) is 12.6. The highest BCUT2D eigenvalue weighted by molar-refractivity contribution is 5.88. The maximum absolute atomic E-state index is 12.5. The molecule has 2 unspecified atom stereocenters. The number of nitrogens with zero attached hydrogens (tertiary/aromatic N) is 1. The van der Waals surface area contributed by atoms with Crippen molar-refractivity contribution in [2.45, 2.75) is 64.8 Å². The molecule has 4 heteroatoms. The van der Waals surface area contributed by atoms with Gasteiger partial charge < -0.3 is 10.0 Å². The summed E-state index contributed by atoms with van der Waals surface area (Å²) in [5, 5.41) is 9.59. The molecule has 0 radical (unpaired) electrons. The van der Waals surface area contributed by atoms with Crippen LogP contribution in [0.15, 0.2) is 0 Å². The maximum Gasteiger partial charge on any atom is 0.329 e. The fraction of sp³-hybridized carbons (Fsp3) is 0.867. The lowest BCUT2D eigenvalue weighted by Crippen LogP contribution is -2.57. The summed E-state index contributed by atoms with van der Waals surface area (Å²) in [7, 11) is 1.67. The van der Waals surface area contributed by atoms with E-state index in [4.69, 9.17) is 0 Å². The number of carbonyl (C=O) groups is 2. The number of carboxylic acid groups (broad SMARTS) is 1. The number of likely N-dealkylation sites (N-methyl/N-ethyl adjacent to an activating group) is 1. The molecule has 4 nitrogen and oxygen atoms in total. The van der Waals surface area contributed by atoms with Crippen LogP contribution in [0, 0.1) is 11.8 Å². The Bertz CT molecular complexity index is 334. The Balaban J connectivity index is 2.91. The van der Waals surface area contributed by atoms with Gasteiger partial charge in [-0.15, -0.1) is 0 Å². The van der Waals surface area contributed by atoms with E-state index in [1.807, 2.05) is 13.8 Å². The molecular formula is C15H27NO3. The van der Waals surface area contributed by atoms with Crippen LogP contribution < -0.4 is 0 Å². The highest BCUT2D eigenvalue weighted by atomic mass is 16.4. The Morgan fingerprint density at radius 3 is 2.16 bits per heavy atom. The van der Waals surface area contributed by atoms with Gasteiger partial charge in [0.25, 0.3) is 0 Å². The summed E-state index contributed by atoms with van der Waals surface area (Å²) in [5.74, 6) is -0.712. The van der Waals surface area contributed by atoms with Gasteiger partial charge in [0.05, 0.1) is 0 Å². The van der Waals surface area contributed by atoms with Crippen LogP contribution in [-0.2, 0) is 9.59 Å². The summed E-state index contributed by atoms with van der Waals surface area (Å²) in [4.78, 5) is 25.7. The molecule has 1 aliphatic carbocycles. The number of rotatable bonds is 5. The normalized spacial score (nSPS) is 21.5. The third kappa shape index (κ3) is 3.10. The minimum absolute atomic E-state index is 0.0290. The van der Waals surface area contributed by atoms with Crippen LogP contribution in [0.2, 0.25) is 0 Å². The van der Waals surface area contributed by atoms with Crippen LogP contribution >= 0.6 is 0 Å². The van der Waals surface area contributed by atoms with Crippen molar-refractivity contribution in [3.05, 3.63) is 0 Å². The summed E-state index contributed by atoms with van der Waals surface area (Å²) in [6.45, 7) is 6.01. The molecule has 0 spiro atoms. The molecule has 1 rings (SSSR count). The van der Waals surface area contributed by atoms with Crippen molar-refractivity contribution in [3.8, 4) is 0 Å². The van der Waals surface area contributed by atoms with Crippen molar-refractivity contribution >= 4 is 11.9 Å². The first-order chi connectivity index (χ1) is 8.86. The molecule has 1 saturated carbocycles. The van der Waals surface area contributed by atoms with Crippen molar-refractivity contribution in [2.75, 3.05) is 7.05 Å². The van der Waals surface area contributed by atoms with Crippen molar-refractivity contribution < 1.29 is 14.7 Å². The van der Waals surface area contributed by atoms with Gasteiger partial charge in [0, 0.05) is 13.0 Å². The first-order valence-corrected chi connectivity index (χ1v) is 7.38.